The highest BCUT2D eigenvalue weighted by molar-refractivity contribution is 5.94. The molecule has 2 N–H and O–H groups in total. The van der Waals surface area contributed by atoms with Crippen molar-refractivity contribution in [1.29, 1.82) is 0 Å². The van der Waals surface area contributed by atoms with Crippen molar-refractivity contribution in [2.45, 2.75) is 31.2 Å². The molecule has 1 aromatic carbocycles. The SMILES string of the molecule is COc1cc(OC)c([C@@H]2CC(=O)Nc3c2c(=O)[nH]n3C2CCOCC2)cc1OC. The number of aromatic amines is 1. The summed E-state index contributed by atoms with van der Waals surface area (Å²) in [5, 5.41) is 5.82. The third kappa shape index (κ3) is 3.35. The third-order valence-electron chi connectivity index (χ3n) is 5.63. The second-order valence-electron chi connectivity index (χ2n) is 7.17. The Kier molecular flexibility index (Phi) is 5.23. The highest BCUT2D eigenvalue weighted by Crippen LogP contribution is 2.44. The molecule has 2 aliphatic heterocycles. The predicted octanol–water partition coefficient (Wildman–Crippen LogP) is 2.03. The van der Waals surface area contributed by atoms with Crippen LogP contribution < -0.4 is 25.1 Å². The number of anilines is 1. The molecule has 1 amide bonds. The average molecular weight is 403 g/mol. The van der Waals surface area contributed by atoms with Crippen LogP contribution in [0.25, 0.3) is 0 Å². The predicted molar refractivity (Wildman–Crippen MR) is 105 cm³/mol. The van der Waals surface area contributed by atoms with Gasteiger partial charge in [-0.15, -0.1) is 0 Å². The minimum absolute atomic E-state index is 0.0755. The molecule has 3 heterocycles. The maximum Gasteiger partial charge on any atom is 0.270 e. The van der Waals surface area contributed by atoms with Crippen molar-refractivity contribution in [2.24, 2.45) is 0 Å². The minimum atomic E-state index is -0.460. The molecule has 2 aliphatic rings. The monoisotopic (exact) mass is 403 g/mol. The Morgan fingerprint density at radius 2 is 1.66 bits per heavy atom. The quantitative estimate of drug-likeness (QED) is 0.792. The van der Waals surface area contributed by atoms with Gasteiger partial charge in [-0.1, -0.05) is 0 Å². The molecule has 4 rings (SSSR count). The number of fused-ring (bicyclic) bond motifs is 1. The Balaban J connectivity index is 1.85. The van der Waals surface area contributed by atoms with E-state index in [0.717, 1.165) is 12.8 Å². The van der Waals surface area contributed by atoms with Crippen LogP contribution >= 0.6 is 0 Å². The van der Waals surface area contributed by atoms with Gasteiger partial charge >= 0.3 is 0 Å². The number of nitrogens with zero attached hydrogens (tertiary/aromatic N) is 1. The molecule has 1 atom stereocenters. The largest absolute Gasteiger partial charge is 0.496 e. The molecule has 1 aromatic heterocycles. The lowest BCUT2D eigenvalue weighted by Crippen LogP contribution is -2.28. The van der Waals surface area contributed by atoms with E-state index in [-0.39, 0.29) is 23.9 Å². The number of hydrogen-bond donors (Lipinski definition) is 2. The van der Waals surface area contributed by atoms with Crippen LogP contribution in [0, 0.1) is 0 Å². The van der Waals surface area contributed by atoms with Crippen molar-refractivity contribution in [3.8, 4) is 17.2 Å². The fraction of sp³-hybridized carbons (Fsp3) is 0.500. The normalized spacial score (nSPS) is 19.4. The van der Waals surface area contributed by atoms with Crippen LogP contribution in [0.1, 0.15) is 42.3 Å². The summed E-state index contributed by atoms with van der Waals surface area (Å²) in [6, 6.07) is 3.56. The summed E-state index contributed by atoms with van der Waals surface area (Å²) < 4.78 is 23.5. The zero-order chi connectivity index (χ0) is 20.5. The van der Waals surface area contributed by atoms with E-state index in [9.17, 15) is 9.59 Å². The Labute approximate surface area is 167 Å². The summed E-state index contributed by atoms with van der Waals surface area (Å²) >= 11 is 0. The fourth-order valence-corrected chi connectivity index (χ4v) is 4.19. The minimum Gasteiger partial charge on any atom is -0.496 e. The van der Waals surface area contributed by atoms with Crippen LogP contribution in [0.3, 0.4) is 0 Å². The van der Waals surface area contributed by atoms with Crippen molar-refractivity contribution < 1.29 is 23.7 Å². The molecule has 0 spiro atoms. The van der Waals surface area contributed by atoms with E-state index < -0.39 is 5.92 Å². The lowest BCUT2D eigenvalue weighted by Gasteiger charge is -2.28. The first-order valence-electron chi connectivity index (χ1n) is 9.59. The fourth-order valence-electron chi connectivity index (χ4n) is 4.19. The molecule has 156 valence electrons. The third-order valence-corrected chi connectivity index (χ3v) is 5.63. The van der Waals surface area contributed by atoms with E-state index in [0.29, 0.717) is 47.4 Å². The Morgan fingerprint density at radius 1 is 1.00 bits per heavy atom. The number of rotatable bonds is 5. The van der Waals surface area contributed by atoms with Gasteiger partial charge in [0.25, 0.3) is 5.56 Å². The second-order valence-corrected chi connectivity index (χ2v) is 7.17. The molecule has 0 aliphatic carbocycles. The first-order chi connectivity index (χ1) is 14.1. The summed E-state index contributed by atoms with van der Waals surface area (Å²) in [5.74, 6) is 1.47. The molecule has 1 saturated heterocycles. The summed E-state index contributed by atoms with van der Waals surface area (Å²) in [4.78, 5) is 25.5. The average Bonchev–Trinajstić information content (AvgIpc) is 3.08. The van der Waals surface area contributed by atoms with Crippen molar-refractivity contribution >= 4 is 11.7 Å². The molecule has 9 heteroatoms. The van der Waals surface area contributed by atoms with Gasteiger partial charge in [-0.2, -0.15) is 0 Å². The number of nitrogens with one attached hydrogen (secondary N) is 2. The standard InChI is InChI=1S/C20H25N3O6/c1-26-14-10-16(28-3)15(27-2)8-12(14)13-9-17(24)21-19-18(13)20(25)22-23(19)11-4-6-29-7-5-11/h8,10-11,13H,4-7,9H2,1-3H3,(H,21,24)(H,22,25)/t13-/m0/s1. The van der Waals surface area contributed by atoms with Gasteiger partial charge in [0, 0.05) is 37.2 Å². The number of benzene rings is 1. The summed E-state index contributed by atoms with van der Waals surface area (Å²) in [5.41, 5.74) is 1.02. The number of ether oxygens (including phenoxy) is 4. The second kappa shape index (κ2) is 7.82. The van der Waals surface area contributed by atoms with E-state index >= 15 is 0 Å². The molecule has 29 heavy (non-hydrogen) atoms. The molecular formula is C20H25N3O6. The summed E-state index contributed by atoms with van der Waals surface area (Å²) in [7, 11) is 4.63. The topological polar surface area (TPSA) is 104 Å². The van der Waals surface area contributed by atoms with Gasteiger partial charge in [0.05, 0.1) is 32.9 Å². The molecule has 9 nitrogen and oxygen atoms in total. The molecule has 1 fully saturated rings. The number of hydrogen-bond acceptors (Lipinski definition) is 6. The van der Waals surface area contributed by atoms with E-state index in [1.807, 2.05) is 0 Å². The Morgan fingerprint density at radius 3 is 2.31 bits per heavy atom. The number of methoxy groups -OCH3 is 3. The first-order valence-corrected chi connectivity index (χ1v) is 9.59. The first kappa shape index (κ1) is 19.4. The van der Waals surface area contributed by atoms with Gasteiger partial charge in [-0.05, 0) is 18.9 Å². The van der Waals surface area contributed by atoms with E-state index in [4.69, 9.17) is 18.9 Å². The van der Waals surface area contributed by atoms with Crippen LogP contribution in [0.5, 0.6) is 17.2 Å². The van der Waals surface area contributed by atoms with Gasteiger partial charge in [0.1, 0.15) is 11.6 Å². The highest BCUT2D eigenvalue weighted by atomic mass is 16.5. The van der Waals surface area contributed by atoms with E-state index in [1.165, 1.54) is 0 Å². The number of carbonyl (C=O) groups excluding carboxylic acids is 1. The van der Waals surface area contributed by atoms with Crippen LogP contribution in [-0.4, -0.2) is 50.2 Å². The van der Waals surface area contributed by atoms with Gasteiger partial charge in [0.2, 0.25) is 5.91 Å². The molecule has 2 aromatic rings. The van der Waals surface area contributed by atoms with Gasteiger partial charge in [-0.25, -0.2) is 0 Å². The van der Waals surface area contributed by atoms with Gasteiger partial charge < -0.3 is 24.3 Å². The molecule has 0 bridgehead atoms. The maximum atomic E-state index is 12.9. The number of aromatic nitrogens is 2. The maximum absolute atomic E-state index is 12.9. The van der Waals surface area contributed by atoms with Crippen molar-refractivity contribution in [1.82, 2.24) is 9.78 Å². The number of amides is 1. The lowest BCUT2D eigenvalue weighted by molar-refractivity contribution is -0.116. The highest BCUT2D eigenvalue weighted by Gasteiger charge is 2.36. The zero-order valence-corrected chi connectivity index (χ0v) is 16.7. The van der Waals surface area contributed by atoms with E-state index in [2.05, 4.69) is 10.4 Å². The molecule has 0 saturated carbocycles. The molecule has 0 unspecified atom stereocenters. The van der Waals surface area contributed by atoms with Crippen molar-refractivity contribution in [3.05, 3.63) is 33.6 Å². The summed E-state index contributed by atoms with van der Waals surface area (Å²) in [6.45, 7) is 1.25. The number of H-pyrrole nitrogens is 1. The van der Waals surface area contributed by atoms with E-state index in [1.54, 1.807) is 38.1 Å². The Bertz CT molecular complexity index is 973. The van der Waals surface area contributed by atoms with Crippen molar-refractivity contribution in [3.63, 3.8) is 0 Å². The van der Waals surface area contributed by atoms with Crippen molar-refractivity contribution in [2.75, 3.05) is 39.9 Å². The van der Waals surface area contributed by atoms with Crippen LogP contribution in [0.4, 0.5) is 5.82 Å². The number of carbonyl (C=O) groups is 1. The smallest absolute Gasteiger partial charge is 0.270 e. The van der Waals surface area contributed by atoms with Crippen LogP contribution in [0.2, 0.25) is 0 Å². The zero-order valence-electron chi connectivity index (χ0n) is 16.7. The van der Waals surface area contributed by atoms with Gasteiger partial charge in [0.15, 0.2) is 11.5 Å². The summed E-state index contributed by atoms with van der Waals surface area (Å²) in [6.07, 6.45) is 1.69. The molecule has 0 radical (unpaired) electrons. The van der Waals surface area contributed by atoms with Crippen LogP contribution in [0.15, 0.2) is 16.9 Å². The molecular weight excluding hydrogens is 378 g/mol. The lowest BCUT2D eigenvalue weighted by atomic mass is 9.86. The Hall–Kier alpha value is -2.94. The van der Waals surface area contributed by atoms with Gasteiger partial charge in [-0.3, -0.25) is 19.4 Å². The van der Waals surface area contributed by atoms with Crippen LogP contribution in [-0.2, 0) is 9.53 Å².